The average Bonchev–Trinajstić information content (AvgIpc) is 3.31. The number of piperidine rings is 1. The molecule has 2 unspecified atom stereocenters. The Hall–Kier alpha value is -3.36. The van der Waals surface area contributed by atoms with Gasteiger partial charge in [-0.05, 0) is 54.7 Å². The molecule has 2 aromatic rings. The summed E-state index contributed by atoms with van der Waals surface area (Å²) in [5.41, 5.74) is 0.752. The lowest BCUT2D eigenvalue weighted by Gasteiger charge is -2.38. The SMILES string of the molecule is COc1ccc(COCC(OC(=O)N2CCC3(CC2)CC(c2ccc(C#N)cc2F)CO3)C(F)(F)F)cc1. The number of hydrogen-bond donors (Lipinski definition) is 0. The van der Waals surface area contributed by atoms with Crippen LogP contribution in [-0.2, 0) is 20.8 Å². The molecule has 38 heavy (non-hydrogen) atoms. The largest absolute Gasteiger partial charge is 0.497 e. The first-order valence-corrected chi connectivity index (χ1v) is 12.2. The van der Waals surface area contributed by atoms with Crippen LogP contribution in [0.1, 0.15) is 41.9 Å². The third kappa shape index (κ3) is 6.55. The molecule has 2 heterocycles. The number of halogens is 4. The Bertz CT molecular complexity index is 1160. The molecule has 2 saturated heterocycles. The number of rotatable bonds is 7. The van der Waals surface area contributed by atoms with Gasteiger partial charge in [0.05, 0.1) is 44.2 Å². The van der Waals surface area contributed by atoms with Crippen LogP contribution >= 0.6 is 0 Å². The van der Waals surface area contributed by atoms with E-state index in [9.17, 15) is 22.4 Å². The van der Waals surface area contributed by atoms with Gasteiger partial charge in [0.2, 0.25) is 6.10 Å². The van der Waals surface area contributed by atoms with Crippen LogP contribution < -0.4 is 4.74 Å². The van der Waals surface area contributed by atoms with Crippen LogP contribution in [0.25, 0.3) is 0 Å². The summed E-state index contributed by atoms with van der Waals surface area (Å²) in [7, 11) is 1.51. The fraction of sp³-hybridized carbons (Fsp3) is 0.481. The Kier molecular flexibility index (Phi) is 8.43. The van der Waals surface area contributed by atoms with E-state index in [1.807, 2.05) is 6.07 Å². The molecule has 0 aliphatic carbocycles. The number of ether oxygens (including phenoxy) is 4. The maximum Gasteiger partial charge on any atom is 0.427 e. The second-order valence-electron chi connectivity index (χ2n) is 9.51. The molecule has 204 valence electrons. The quantitative estimate of drug-likeness (QED) is 0.445. The normalized spacial score (nSPS) is 19.7. The van der Waals surface area contributed by atoms with Gasteiger partial charge in [-0.2, -0.15) is 18.4 Å². The lowest BCUT2D eigenvalue weighted by atomic mass is 9.83. The van der Waals surface area contributed by atoms with Crippen molar-refractivity contribution in [3.05, 3.63) is 65.0 Å². The molecule has 2 fully saturated rings. The van der Waals surface area contributed by atoms with Crippen LogP contribution in [0.5, 0.6) is 5.75 Å². The lowest BCUT2D eigenvalue weighted by Crippen LogP contribution is -2.49. The maximum atomic E-state index is 14.5. The number of nitriles is 1. The standard InChI is InChI=1S/C27H28F4N2O5/c1-35-21-5-2-18(3-6-21)15-36-17-24(27(29,30)31)38-25(34)33-10-8-26(9-11-33)13-20(16-37-26)22-7-4-19(14-32)12-23(22)28/h2-7,12,20,24H,8-11,13,15-17H2,1H3. The highest BCUT2D eigenvalue weighted by atomic mass is 19.4. The van der Waals surface area contributed by atoms with E-state index in [1.54, 1.807) is 36.4 Å². The third-order valence-corrected chi connectivity index (χ3v) is 7.02. The molecule has 0 saturated carbocycles. The van der Waals surface area contributed by atoms with Crippen LogP contribution in [0.3, 0.4) is 0 Å². The highest BCUT2D eigenvalue weighted by Crippen LogP contribution is 2.43. The van der Waals surface area contributed by atoms with Gasteiger partial charge in [0.15, 0.2) is 0 Å². The Morgan fingerprint density at radius 2 is 1.92 bits per heavy atom. The molecular weight excluding hydrogens is 508 g/mol. The Labute approximate surface area is 217 Å². The number of alkyl halides is 3. The first-order valence-electron chi connectivity index (χ1n) is 12.2. The number of amides is 1. The van der Waals surface area contributed by atoms with E-state index in [0.717, 1.165) is 0 Å². The summed E-state index contributed by atoms with van der Waals surface area (Å²) < 4.78 is 76.1. The Morgan fingerprint density at radius 3 is 2.53 bits per heavy atom. The van der Waals surface area contributed by atoms with Gasteiger partial charge in [0, 0.05) is 19.0 Å². The Morgan fingerprint density at radius 1 is 1.21 bits per heavy atom. The fourth-order valence-corrected chi connectivity index (χ4v) is 4.81. The van der Waals surface area contributed by atoms with Crippen LogP contribution in [0.2, 0.25) is 0 Å². The minimum Gasteiger partial charge on any atom is -0.497 e. The van der Waals surface area contributed by atoms with E-state index < -0.39 is 36.4 Å². The second-order valence-corrected chi connectivity index (χ2v) is 9.51. The third-order valence-electron chi connectivity index (χ3n) is 7.02. The van der Waals surface area contributed by atoms with E-state index >= 15 is 0 Å². The molecule has 11 heteroatoms. The number of nitrogens with zero attached hydrogens (tertiary/aromatic N) is 2. The summed E-state index contributed by atoms with van der Waals surface area (Å²) in [6.07, 6.45) is -6.97. The van der Waals surface area contributed by atoms with Crippen molar-refractivity contribution >= 4 is 6.09 Å². The predicted molar refractivity (Wildman–Crippen MR) is 127 cm³/mol. The van der Waals surface area contributed by atoms with Gasteiger partial charge in [-0.3, -0.25) is 0 Å². The van der Waals surface area contributed by atoms with Crippen LogP contribution in [0, 0.1) is 17.1 Å². The maximum absolute atomic E-state index is 14.5. The zero-order valence-electron chi connectivity index (χ0n) is 20.8. The monoisotopic (exact) mass is 536 g/mol. The topological polar surface area (TPSA) is 81.0 Å². The van der Waals surface area contributed by atoms with E-state index in [2.05, 4.69) is 0 Å². The highest BCUT2D eigenvalue weighted by molar-refractivity contribution is 5.68. The Balaban J connectivity index is 1.28. The second kappa shape index (κ2) is 11.6. The first-order chi connectivity index (χ1) is 18.1. The molecule has 7 nitrogen and oxygen atoms in total. The summed E-state index contributed by atoms with van der Waals surface area (Å²) >= 11 is 0. The van der Waals surface area contributed by atoms with Crippen molar-refractivity contribution in [2.24, 2.45) is 0 Å². The molecule has 0 bridgehead atoms. The molecule has 2 aromatic carbocycles. The molecule has 2 aliphatic rings. The summed E-state index contributed by atoms with van der Waals surface area (Å²) in [4.78, 5) is 13.8. The molecule has 0 aromatic heterocycles. The summed E-state index contributed by atoms with van der Waals surface area (Å²) in [5.74, 6) is -0.0686. The minimum atomic E-state index is -4.79. The number of hydrogen-bond acceptors (Lipinski definition) is 6. The molecule has 0 radical (unpaired) electrons. The van der Waals surface area contributed by atoms with Crippen molar-refractivity contribution in [3.8, 4) is 11.8 Å². The smallest absolute Gasteiger partial charge is 0.427 e. The van der Waals surface area contributed by atoms with Gasteiger partial charge in [-0.15, -0.1) is 0 Å². The number of carbonyl (C=O) groups excluding carboxylic acids is 1. The van der Waals surface area contributed by atoms with Crippen molar-refractivity contribution in [2.45, 2.75) is 49.7 Å². The molecule has 0 N–H and O–H groups in total. The van der Waals surface area contributed by atoms with Crippen LogP contribution in [0.4, 0.5) is 22.4 Å². The van der Waals surface area contributed by atoms with Gasteiger partial charge in [0.25, 0.3) is 0 Å². The van der Waals surface area contributed by atoms with E-state index in [1.165, 1.54) is 18.1 Å². The molecule has 1 amide bonds. The summed E-state index contributed by atoms with van der Waals surface area (Å²) in [5, 5.41) is 8.93. The average molecular weight is 537 g/mol. The predicted octanol–water partition coefficient (Wildman–Crippen LogP) is 5.33. The van der Waals surface area contributed by atoms with E-state index in [-0.39, 0.29) is 37.8 Å². The van der Waals surface area contributed by atoms with Crippen LogP contribution in [0.15, 0.2) is 42.5 Å². The molecule has 4 rings (SSSR count). The van der Waals surface area contributed by atoms with Gasteiger partial charge in [-0.25, -0.2) is 9.18 Å². The lowest BCUT2D eigenvalue weighted by molar-refractivity contribution is -0.220. The molecule has 2 aliphatic heterocycles. The fourth-order valence-electron chi connectivity index (χ4n) is 4.81. The number of likely N-dealkylation sites (tertiary alicyclic amines) is 1. The number of carbonyl (C=O) groups is 1. The van der Waals surface area contributed by atoms with Gasteiger partial charge < -0.3 is 23.8 Å². The number of methoxy groups -OCH3 is 1. The van der Waals surface area contributed by atoms with Gasteiger partial charge in [0.1, 0.15) is 11.6 Å². The first kappa shape index (κ1) is 27.7. The number of benzene rings is 2. The molecule has 1 spiro atoms. The van der Waals surface area contributed by atoms with Crippen molar-refractivity contribution in [1.82, 2.24) is 4.90 Å². The van der Waals surface area contributed by atoms with Gasteiger partial charge in [-0.1, -0.05) is 18.2 Å². The van der Waals surface area contributed by atoms with Crippen molar-refractivity contribution in [1.29, 1.82) is 5.26 Å². The van der Waals surface area contributed by atoms with Crippen molar-refractivity contribution in [2.75, 3.05) is 33.4 Å². The summed E-state index contributed by atoms with van der Waals surface area (Å²) in [6, 6.07) is 12.9. The van der Waals surface area contributed by atoms with Crippen molar-refractivity contribution in [3.63, 3.8) is 0 Å². The van der Waals surface area contributed by atoms with E-state index in [0.29, 0.717) is 36.1 Å². The zero-order valence-corrected chi connectivity index (χ0v) is 20.8. The molecular formula is C27H28F4N2O5. The van der Waals surface area contributed by atoms with Crippen LogP contribution in [-0.4, -0.2) is 62.3 Å². The summed E-state index contributed by atoms with van der Waals surface area (Å²) in [6.45, 7) is -0.328. The minimum absolute atomic E-state index is 0.0846. The van der Waals surface area contributed by atoms with E-state index in [4.69, 9.17) is 24.2 Å². The highest BCUT2D eigenvalue weighted by Gasteiger charge is 2.47. The van der Waals surface area contributed by atoms with Gasteiger partial charge >= 0.3 is 12.3 Å². The zero-order chi connectivity index (χ0) is 27.3. The molecule has 2 atom stereocenters. The van der Waals surface area contributed by atoms with Crippen molar-refractivity contribution < 1.29 is 41.3 Å².